The van der Waals surface area contributed by atoms with Gasteiger partial charge in [-0.15, -0.1) is 6.58 Å². The first-order chi connectivity index (χ1) is 8.45. The number of hydrogen-bond donors (Lipinski definition) is 0. The van der Waals surface area contributed by atoms with E-state index >= 15 is 0 Å². The monoisotopic (exact) mass is 266 g/mol. The summed E-state index contributed by atoms with van der Waals surface area (Å²) in [7, 11) is -1.65. The first kappa shape index (κ1) is 13.0. The Morgan fingerprint density at radius 3 is 2.78 bits per heavy atom. The first-order valence-corrected chi connectivity index (χ1v) is 9.52. The van der Waals surface area contributed by atoms with E-state index in [1.807, 2.05) is 0 Å². The molecule has 1 aliphatic rings. The van der Waals surface area contributed by atoms with Gasteiger partial charge in [-0.3, -0.25) is 0 Å². The zero-order valence-corrected chi connectivity index (χ0v) is 12.0. The van der Waals surface area contributed by atoms with Crippen LogP contribution in [0.3, 0.4) is 0 Å². The molecule has 0 saturated carbocycles. The second-order valence-corrected chi connectivity index (χ2v) is 10.3. The van der Waals surface area contributed by atoms with E-state index in [1.165, 1.54) is 0 Å². The SMILES string of the molecule is C=CCCOc1oc([Si](C)(C)C)c2c1C(=O)OC2. The van der Waals surface area contributed by atoms with E-state index in [2.05, 4.69) is 26.2 Å². The third-order valence-corrected chi connectivity index (χ3v) is 4.53. The van der Waals surface area contributed by atoms with E-state index in [0.29, 0.717) is 31.1 Å². The molecule has 4 nitrogen and oxygen atoms in total. The highest BCUT2D eigenvalue weighted by Crippen LogP contribution is 2.32. The number of ether oxygens (including phenoxy) is 2. The maximum Gasteiger partial charge on any atom is 0.346 e. The van der Waals surface area contributed by atoms with E-state index in [0.717, 1.165) is 10.9 Å². The first-order valence-electron chi connectivity index (χ1n) is 6.02. The van der Waals surface area contributed by atoms with Crippen LogP contribution in [0.5, 0.6) is 5.95 Å². The van der Waals surface area contributed by atoms with E-state index in [9.17, 15) is 4.79 Å². The van der Waals surface area contributed by atoms with Crippen LogP contribution in [-0.2, 0) is 11.3 Å². The highest BCUT2D eigenvalue weighted by molar-refractivity contribution is 6.88. The average molecular weight is 266 g/mol. The molecule has 0 amide bonds. The Labute approximate surface area is 108 Å². The van der Waals surface area contributed by atoms with Crippen molar-refractivity contribution < 1.29 is 18.7 Å². The van der Waals surface area contributed by atoms with Gasteiger partial charge in [0.2, 0.25) is 0 Å². The molecule has 0 N–H and O–H groups in total. The fraction of sp³-hybridized carbons (Fsp3) is 0.462. The molecule has 18 heavy (non-hydrogen) atoms. The van der Waals surface area contributed by atoms with Gasteiger partial charge < -0.3 is 13.9 Å². The summed E-state index contributed by atoms with van der Waals surface area (Å²) in [4.78, 5) is 11.7. The molecule has 1 aromatic rings. The molecule has 0 radical (unpaired) electrons. The summed E-state index contributed by atoms with van der Waals surface area (Å²) in [6, 6.07) is 0. The lowest BCUT2D eigenvalue weighted by Crippen LogP contribution is -2.38. The smallest absolute Gasteiger partial charge is 0.346 e. The summed E-state index contributed by atoms with van der Waals surface area (Å²) >= 11 is 0. The summed E-state index contributed by atoms with van der Waals surface area (Å²) in [5.41, 5.74) is 1.37. The predicted octanol–water partition coefficient (Wildman–Crippen LogP) is 2.45. The molecular weight excluding hydrogens is 248 g/mol. The van der Waals surface area contributed by atoms with Gasteiger partial charge in [0.05, 0.1) is 12.0 Å². The summed E-state index contributed by atoms with van der Waals surface area (Å²) < 4.78 is 16.4. The Balaban J connectivity index is 2.36. The van der Waals surface area contributed by atoms with Crippen molar-refractivity contribution in [1.82, 2.24) is 0 Å². The highest BCUT2D eigenvalue weighted by Gasteiger charge is 2.38. The molecule has 0 fully saturated rings. The van der Waals surface area contributed by atoms with Crippen LogP contribution in [0.1, 0.15) is 22.3 Å². The van der Waals surface area contributed by atoms with Crippen molar-refractivity contribution in [3.05, 3.63) is 23.8 Å². The van der Waals surface area contributed by atoms with Gasteiger partial charge in [0.25, 0.3) is 5.95 Å². The molecule has 1 aromatic heterocycles. The van der Waals surface area contributed by atoms with Crippen LogP contribution in [0, 0.1) is 0 Å². The van der Waals surface area contributed by atoms with Crippen LogP contribution >= 0.6 is 0 Å². The Kier molecular flexibility index (Phi) is 3.34. The van der Waals surface area contributed by atoms with Gasteiger partial charge in [-0.25, -0.2) is 4.79 Å². The Bertz CT molecular complexity index is 482. The summed E-state index contributed by atoms with van der Waals surface area (Å²) in [5.74, 6) is -0.0290. The fourth-order valence-corrected chi connectivity index (χ4v) is 3.44. The van der Waals surface area contributed by atoms with Crippen LogP contribution in [-0.4, -0.2) is 20.7 Å². The second kappa shape index (κ2) is 4.64. The van der Waals surface area contributed by atoms with E-state index in [4.69, 9.17) is 13.9 Å². The van der Waals surface area contributed by atoms with Crippen molar-refractivity contribution >= 4 is 19.4 Å². The van der Waals surface area contributed by atoms with Gasteiger partial charge in [0, 0.05) is 5.56 Å². The normalized spacial score (nSPS) is 14.3. The molecule has 2 rings (SSSR count). The maximum absolute atomic E-state index is 11.7. The molecule has 1 aliphatic heterocycles. The Morgan fingerprint density at radius 2 is 2.17 bits per heavy atom. The lowest BCUT2D eigenvalue weighted by molar-refractivity contribution is 0.0524. The minimum atomic E-state index is -1.65. The molecule has 5 heteroatoms. The molecule has 0 saturated heterocycles. The molecule has 0 atom stereocenters. The lowest BCUT2D eigenvalue weighted by atomic mass is 10.2. The summed E-state index contributed by atoms with van der Waals surface area (Å²) in [6.07, 6.45) is 2.48. The van der Waals surface area contributed by atoms with Gasteiger partial charge in [0.1, 0.15) is 20.2 Å². The molecular formula is C13H18O4Si. The summed E-state index contributed by atoms with van der Waals surface area (Å²) in [6.45, 7) is 10.9. The van der Waals surface area contributed by atoms with Crippen molar-refractivity contribution in [2.24, 2.45) is 0 Å². The zero-order chi connectivity index (χ0) is 13.3. The molecule has 0 aromatic carbocycles. The van der Waals surface area contributed by atoms with Crippen molar-refractivity contribution in [3.63, 3.8) is 0 Å². The van der Waals surface area contributed by atoms with Crippen molar-refractivity contribution in [1.29, 1.82) is 0 Å². The van der Waals surface area contributed by atoms with Crippen LogP contribution < -0.4 is 10.1 Å². The predicted molar refractivity (Wildman–Crippen MR) is 71.1 cm³/mol. The summed E-state index contributed by atoms with van der Waals surface area (Å²) in [5, 5.41) is 0.900. The van der Waals surface area contributed by atoms with Crippen LogP contribution in [0.15, 0.2) is 17.1 Å². The van der Waals surface area contributed by atoms with Gasteiger partial charge >= 0.3 is 5.97 Å². The largest absolute Gasteiger partial charge is 0.464 e. The zero-order valence-electron chi connectivity index (χ0n) is 11.0. The number of rotatable bonds is 5. The minimum Gasteiger partial charge on any atom is -0.464 e. The number of carbonyl (C=O) groups excluding carboxylic acids is 1. The molecule has 0 spiro atoms. The third-order valence-electron chi connectivity index (χ3n) is 2.76. The average Bonchev–Trinajstić information content (AvgIpc) is 2.81. The molecule has 0 aliphatic carbocycles. The number of fused-ring (bicyclic) bond motifs is 1. The standard InChI is InChI=1S/C13H18O4Si/c1-5-6-7-15-12-10-9(8-16-11(10)14)13(17-12)18(2,3)4/h5H,1,6-8H2,2-4H3. The van der Waals surface area contributed by atoms with Crippen LogP contribution in [0.2, 0.25) is 19.6 Å². The molecule has 0 unspecified atom stereocenters. The van der Waals surface area contributed by atoms with E-state index in [-0.39, 0.29) is 5.97 Å². The number of carbonyl (C=O) groups is 1. The second-order valence-electron chi connectivity index (χ2n) is 5.32. The minimum absolute atomic E-state index is 0.308. The number of esters is 1. The van der Waals surface area contributed by atoms with Gasteiger partial charge in [-0.2, -0.15) is 0 Å². The third kappa shape index (κ3) is 2.22. The fourth-order valence-electron chi connectivity index (χ4n) is 1.94. The lowest BCUT2D eigenvalue weighted by Gasteiger charge is -2.13. The Hall–Kier alpha value is -1.49. The van der Waals surface area contributed by atoms with Crippen molar-refractivity contribution in [2.75, 3.05) is 6.61 Å². The highest BCUT2D eigenvalue weighted by atomic mass is 28.3. The van der Waals surface area contributed by atoms with Crippen LogP contribution in [0.4, 0.5) is 0 Å². The number of furan rings is 1. The van der Waals surface area contributed by atoms with Crippen LogP contribution in [0.25, 0.3) is 0 Å². The Morgan fingerprint density at radius 1 is 1.44 bits per heavy atom. The van der Waals surface area contributed by atoms with Gasteiger partial charge in [0.15, 0.2) is 0 Å². The maximum atomic E-state index is 11.7. The number of hydrogen-bond acceptors (Lipinski definition) is 4. The number of cyclic esters (lactones) is 1. The van der Waals surface area contributed by atoms with E-state index < -0.39 is 8.07 Å². The van der Waals surface area contributed by atoms with Crippen molar-refractivity contribution in [2.45, 2.75) is 32.7 Å². The molecule has 2 heterocycles. The molecule has 0 bridgehead atoms. The quantitative estimate of drug-likeness (QED) is 0.355. The van der Waals surface area contributed by atoms with Gasteiger partial charge in [-0.05, 0) is 6.42 Å². The van der Waals surface area contributed by atoms with Crippen molar-refractivity contribution in [3.8, 4) is 5.95 Å². The van der Waals surface area contributed by atoms with E-state index in [1.54, 1.807) is 6.08 Å². The molecule has 98 valence electrons. The van der Waals surface area contributed by atoms with Gasteiger partial charge in [-0.1, -0.05) is 25.7 Å². The topological polar surface area (TPSA) is 48.7 Å².